The van der Waals surface area contributed by atoms with Gasteiger partial charge in [-0.25, -0.2) is 0 Å². The second-order valence-corrected chi connectivity index (χ2v) is 7.56. The molecule has 1 aromatic carbocycles. The average Bonchev–Trinajstić information content (AvgIpc) is 2.97. The number of rotatable bonds is 6. The number of pyridine rings is 1. The molecule has 0 aliphatic carbocycles. The molecule has 5 nitrogen and oxygen atoms in total. The average molecular weight is 432 g/mol. The minimum Gasteiger partial charge on any atom is -0.306 e. The Hall–Kier alpha value is -2.25. The van der Waals surface area contributed by atoms with Crippen LogP contribution in [0.2, 0.25) is 0 Å². The number of carbonyl (C=O) groups is 1. The van der Waals surface area contributed by atoms with E-state index in [9.17, 15) is 9.59 Å². The van der Waals surface area contributed by atoms with E-state index in [2.05, 4.69) is 20.9 Å². The molecule has 0 spiro atoms. The van der Waals surface area contributed by atoms with Crippen LogP contribution < -0.4 is 9.77 Å². The molecule has 0 aliphatic heterocycles. The molecule has 3 aromatic rings. The molecule has 0 unspecified atom stereocenters. The third kappa shape index (κ3) is 4.47. The number of thiazole rings is 1. The molecule has 1 amide bonds. The highest BCUT2D eigenvalue weighted by atomic mass is 79.9. The van der Waals surface area contributed by atoms with Crippen molar-refractivity contribution < 1.29 is 4.79 Å². The molecule has 134 valence electrons. The van der Waals surface area contributed by atoms with Crippen LogP contribution in [0.5, 0.6) is 0 Å². The number of amides is 1. The maximum Gasteiger partial charge on any atom is 0.307 e. The number of aryl methyl sites for hydroxylation is 1. The Morgan fingerprint density at radius 2 is 2.00 bits per heavy atom. The van der Waals surface area contributed by atoms with Crippen LogP contribution in [0.4, 0.5) is 5.69 Å². The van der Waals surface area contributed by atoms with E-state index in [0.29, 0.717) is 13.1 Å². The van der Waals surface area contributed by atoms with Crippen LogP contribution in [0.15, 0.2) is 63.3 Å². The van der Waals surface area contributed by atoms with E-state index in [-0.39, 0.29) is 17.2 Å². The molecule has 0 fully saturated rings. The monoisotopic (exact) mass is 431 g/mol. The van der Waals surface area contributed by atoms with Crippen molar-refractivity contribution in [2.45, 2.75) is 26.4 Å². The quantitative estimate of drug-likeness (QED) is 0.592. The largest absolute Gasteiger partial charge is 0.307 e. The van der Waals surface area contributed by atoms with Crippen molar-refractivity contribution in [2.24, 2.45) is 0 Å². The van der Waals surface area contributed by atoms with E-state index in [4.69, 9.17) is 0 Å². The first-order valence-corrected chi connectivity index (χ1v) is 9.82. The second kappa shape index (κ2) is 8.42. The Kier molecular flexibility index (Phi) is 6.00. The zero-order valence-corrected chi connectivity index (χ0v) is 16.7. The Balaban J connectivity index is 1.81. The summed E-state index contributed by atoms with van der Waals surface area (Å²) in [7, 11) is 0. The number of hydrogen-bond donors (Lipinski definition) is 0. The van der Waals surface area contributed by atoms with Crippen LogP contribution in [0, 0.1) is 6.92 Å². The molecular formula is C19H18BrN3O2S. The number of aromatic nitrogens is 2. The van der Waals surface area contributed by atoms with E-state index in [1.807, 2.05) is 54.8 Å². The van der Waals surface area contributed by atoms with Gasteiger partial charge in [-0.15, -0.1) is 0 Å². The van der Waals surface area contributed by atoms with Gasteiger partial charge in [0.25, 0.3) is 0 Å². The van der Waals surface area contributed by atoms with Crippen molar-refractivity contribution in [1.82, 2.24) is 9.55 Å². The fourth-order valence-electron chi connectivity index (χ4n) is 2.62. The van der Waals surface area contributed by atoms with Crippen molar-refractivity contribution in [3.05, 3.63) is 79.6 Å². The highest BCUT2D eigenvalue weighted by molar-refractivity contribution is 9.10. The lowest BCUT2D eigenvalue weighted by atomic mass is 10.2. The molecule has 0 N–H and O–H groups in total. The van der Waals surface area contributed by atoms with Gasteiger partial charge in [-0.05, 0) is 43.3 Å². The van der Waals surface area contributed by atoms with E-state index >= 15 is 0 Å². The summed E-state index contributed by atoms with van der Waals surface area (Å²) in [5.41, 5.74) is 2.50. The van der Waals surface area contributed by atoms with Crippen LogP contribution in [-0.2, 0) is 17.9 Å². The Morgan fingerprint density at radius 3 is 2.62 bits per heavy atom. The number of hydrogen-bond acceptors (Lipinski definition) is 4. The minimum atomic E-state index is -0.0459. The van der Waals surface area contributed by atoms with Gasteiger partial charge >= 0.3 is 4.87 Å². The number of nitrogens with zero attached hydrogens (tertiary/aromatic N) is 3. The molecule has 7 heteroatoms. The van der Waals surface area contributed by atoms with E-state index in [1.165, 1.54) is 0 Å². The summed E-state index contributed by atoms with van der Waals surface area (Å²) in [6.45, 7) is 2.64. The maximum absolute atomic E-state index is 12.9. The van der Waals surface area contributed by atoms with E-state index < -0.39 is 0 Å². The summed E-state index contributed by atoms with van der Waals surface area (Å²) in [4.78, 5) is 30.8. The summed E-state index contributed by atoms with van der Waals surface area (Å²) in [6.07, 6.45) is 1.97. The highest BCUT2D eigenvalue weighted by Crippen LogP contribution is 2.21. The number of carbonyl (C=O) groups excluding carboxylic acids is 1. The van der Waals surface area contributed by atoms with Crippen molar-refractivity contribution in [1.29, 1.82) is 0 Å². The third-order valence-corrected chi connectivity index (χ3v) is 5.42. The molecule has 0 bridgehead atoms. The van der Waals surface area contributed by atoms with Gasteiger partial charge in [0, 0.05) is 40.4 Å². The zero-order chi connectivity index (χ0) is 18.5. The standard InChI is InChI=1S/C19H18BrN3O2S/c1-14-13-26-19(25)22(14)11-9-18(24)23(12-16-4-2-3-10-21-16)17-7-5-15(20)6-8-17/h2-8,10,13H,9,11-12H2,1H3. The van der Waals surface area contributed by atoms with E-state index in [0.717, 1.165) is 32.9 Å². The normalized spacial score (nSPS) is 10.7. The highest BCUT2D eigenvalue weighted by Gasteiger charge is 2.17. The lowest BCUT2D eigenvalue weighted by molar-refractivity contribution is -0.119. The van der Waals surface area contributed by atoms with Gasteiger partial charge < -0.3 is 9.47 Å². The first kappa shape index (κ1) is 18.5. The molecule has 3 rings (SSSR count). The van der Waals surface area contributed by atoms with Crippen LogP contribution in [0.1, 0.15) is 17.8 Å². The molecule has 0 atom stereocenters. The topological polar surface area (TPSA) is 55.2 Å². The van der Waals surface area contributed by atoms with Crippen molar-refractivity contribution in [3.8, 4) is 0 Å². The number of halogens is 1. The molecular weight excluding hydrogens is 414 g/mol. The van der Waals surface area contributed by atoms with Gasteiger partial charge in [-0.2, -0.15) is 0 Å². The van der Waals surface area contributed by atoms with Crippen LogP contribution in [-0.4, -0.2) is 15.5 Å². The van der Waals surface area contributed by atoms with Gasteiger partial charge in [-0.3, -0.25) is 14.6 Å². The van der Waals surface area contributed by atoms with Gasteiger partial charge in [0.05, 0.1) is 12.2 Å². The van der Waals surface area contributed by atoms with Crippen molar-refractivity contribution >= 4 is 38.9 Å². The number of anilines is 1. The minimum absolute atomic E-state index is 0.0322. The first-order chi connectivity index (χ1) is 12.5. The number of benzene rings is 1. The summed E-state index contributed by atoms with van der Waals surface area (Å²) < 4.78 is 2.59. The van der Waals surface area contributed by atoms with Crippen LogP contribution >= 0.6 is 27.3 Å². The SMILES string of the molecule is Cc1csc(=O)n1CCC(=O)N(Cc1ccccn1)c1ccc(Br)cc1. The summed E-state index contributed by atoms with van der Waals surface area (Å²) in [6, 6.07) is 13.2. The summed E-state index contributed by atoms with van der Waals surface area (Å²) >= 11 is 4.58. The molecule has 0 aliphatic rings. The van der Waals surface area contributed by atoms with Crippen LogP contribution in [0.25, 0.3) is 0 Å². The molecule has 2 aromatic heterocycles. The lowest BCUT2D eigenvalue weighted by Gasteiger charge is -2.23. The smallest absolute Gasteiger partial charge is 0.306 e. The molecule has 0 saturated carbocycles. The van der Waals surface area contributed by atoms with Gasteiger partial charge in [0.1, 0.15) is 0 Å². The van der Waals surface area contributed by atoms with Gasteiger partial charge in [0.15, 0.2) is 0 Å². The molecule has 2 heterocycles. The lowest BCUT2D eigenvalue weighted by Crippen LogP contribution is -2.32. The van der Waals surface area contributed by atoms with E-state index in [1.54, 1.807) is 15.7 Å². The van der Waals surface area contributed by atoms with Crippen molar-refractivity contribution in [3.63, 3.8) is 0 Å². The molecule has 0 saturated heterocycles. The Labute approximate surface area is 164 Å². The molecule has 26 heavy (non-hydrogen) atoms. The van der Waals surface area contributed by atoms with Crippen LogP contribution in [0.3, 0.4) is 0 Å². The molecule has 0 radical (unpaired) electrons. The second-order valence-electron chi connectivity index (χ2n) is 5.82. The van der Waals surface area contributed by atoms with Crippen molar-refractivity contribution in [2.75, 3.05) is 4.90 Å². The predicted molar refractivity (Wildman–Crippen MR) is 108 cm³/mol. The fourth-order valence-corrected chi connectivity index (χ4v) is 3.64. The summed E-state index contributed by atoms with van der Waals surface area (Å²) in [5, 5.41) is 1.81. The Bertz CT molecular complexity index is 935. The predicted octanol–water partition coefficient (Wildman–Crippen LogP) is 4.00. The van der Waals surface area contributed by atoms with Gasteiger partial charge in [-0.1, -0.05) is 33.3 Å². The maximum atomic E-state index is 12.9. The summed E-state index contributed by atoms with van der Waals surface area (Å²) in [5.74, 6) is -0.0459. The fraction of sp³-hybridized carbons (Fsp3) is 0.211. The first-order valence-electron chi connectivity index (χ1n) is 8.15. The third-order valence-electron chi connectivity index (χ3n) is 4.01. The zero-order valence-electron chi connectivity index (χ0n) is 14.3. The van der Waals surface area contributed by atoms with Gasteiger partial charge in [0.2, 0.25) is 5.91 Å². The Morgan fingerprint density at radius 1 is 1.23 bits per heavy atom.